The summed E-state index contributed by atoms with van der Waals surface area (Å²) in [6, 6.07) is 14.3. The fourth-order valence-corrected chi connectivity index (χ4v) is 5.15. The van der Waals surface area contributed by atoms with Crippen LogP contribution in [0.3, 0.4) is 0 Å². The Balaban J connectivity index is 1.60. The molecule has 0 atom stereocenters. The number of rotatable bonds is 10. The Morgan fingerprint density at radius 3 is 2.58 bits per heavy atom. The first kappa shape index (κ1) is 23.1. The minimum Gasteiger partial charge on any atom is -0.467 e. The van der Waals surface area contributed by atoms with E-state index in [-0.39, 0.29) is 10.8 Å². The lowest BCUT2D eigenvalue weighted by molar-refractivity contribution is 0.0948. The van der Waals surface area contributed by atoms with Crippen molar-refractivity contribution in [3.8, 4) is 0 Å². The molecule has 1 aromatic carbocycles. The van der Waals surface area contributed by atoms with Gasteiger partial charge in [0.25, 0.3) is 5.91 Å². The second-order valence-corrected chi connectivity index (χ2v) is 9.61. The molecule has 0 saturated carbocycles. The van der Waals surface area contributed by atoms with Gasteiger partial charge in [-0.2, -0.15) is 4.31 Å². The molecule has 0 bridgehead atoms. The molecule has 0 fully saturated rings. The number of aromatic nitrogens is 1. The predicted molar refractivity (Wildman–Crippen MR) is 120 cm³/mol. The van der Waals surface area contributed by atoms with Crippen LogP contribution in [0.25, 0.3) is 0 Å². The molecule has 1 N–H and O–H groups in total. The lowest BCUT2D eigenvalue weighted by atomic mass is 10.1. The number of thioether (sulfide) groups is 1. The molecule has 2 aromatic heterocycles. The number of hydrogen-bond donors (Lipinski definition) is 1. The van der Waals surface area contributed by atoms with Crippen LogP contribution in [0.2, 0.25) is 0 Å². The fourth-order valence-electron chi connectivity index (χ4n) is 2.96. The zero-order valence-corrected chi connectivity index (χ0v) is 19.1. The lowest BCUT2D eigenvalue weighted by Crippen LogP contribution is -2.30. The maximum atomic E-state index is 12.6. The molecule has 0 aliphatic rings. The van der Waals surface area contributed by atoms with E-state index in [1.165, 1.54) is 22.3 Å². The van der Waals surface area contributed by atoms with Gasteiger partial charge in [-0.1, -0.05) is 26.0 Å². The Morgan fingerprint density at radius 1 is 1.13 bits per heavy atom. The normalized spacial score (nSPS) is 11.6. The van der Waals surface area contributed by atoms with Crippen molar-refractivity contribution < 1.29 is 17.6 Å². The predicted octanol–water partition coefficient (Wildman–Crippen LogP) is 3.93. The average molecular weight is 460 g/mol. The van der Waals surface area contributed by atoms with Crippen LogP contribution in [0.1, 0.15) is 35.5 Å². The topological polar surface area (TPSA) is 92.5 Å². The number of hydrogen-bond acceptors (Lipinski definition) is 6. The van der Waals surface area contributed by atoms with Gasteiger partial charge in [-0.05, 0) is 42.0 Å². The van der Waals surface area contributed by atoms with E-state index in [2.05, 4.69) is 10.3 Å². The Bertz CT molecular complexity index is 1090. The molecule has 0 saturated heterocycles. The van der Waals surface area contributed by atoms with Crippen molar-refractivity contribution in [3.05, 3.63) is 77.9 Å². The summed E-state index contributed by atoms with van der Waals surface area (Å²) in [6.07, 6.45) is 2.97. The Labute approximate surface area is 186 Å². The van der Waals surface area contributed by atoms with Crippen molar-refractivity contribution in [2.24, 2.45) is 0 Å². The molecule has 0 spiro atoms. The first-order valence-corrected chi connectivity index (χ1v) is 12.3. The van der Waals surface area contributed by atoms with E-state index in [9.17, 15) is 13.2 Å². The quantitative estimate of drug-likeness (QED) is 0.462. The highest BCUT2D eigenvalue weighted by Crippen LogP contribution is 2.23. The molecule has 164 valence electrons. The van der Waals surface area contributed by atoms with Gasteiger partial charge in [-0.3, -0.25) is 4.79 Å². The van der Waals surface area contributed by atoms with Gasteiger partial charge in [0, 0.05) is 30.6 Å². The van der Waals surface area contributed by atoms with Gasteiger partial charge in [0.2, 0.25) is 10.0 Å². The van der Waals surface area contributed by atoms with Crippen LogP contribution in [0, 0.1) is 0 Å². The van der Waals surface area contributed by atoms with Crippen molar-refractivity contribution in [2.45, 2.75) is 36.1 Å². The molecule has 31 heavy (non-hydrogen) atoms. The summed E-state index contributed by atoms with van der Waals surface area (Å²) < 4.78 is 31.7. The third-order valence-corrected chi connectivity index (χ3v) is 7.68. The van der Waals surface area contributed by atoms with Crippen LogP contribution >= 0.6 is 11.8 Å². The number of nitrogens with one attached hydrogen (secondary N) is 1. The Hall–Kier alpha value is -2.62. The smallest absolute Gasteiger partial charge is 0.251 e. The van der Waals surface area contributed by atoms with E-state index in [0.717, 1.165) is 5.56 Å². The summed E-state index contributed by atoms with van der Waals surface area (Å²) in [6.45, 7) is 4.78. The highest BCUT2D eigenvalue weighted by atomic mass is 32.2. The molecule has 3 rings (SSSR count). The zero-order valence-electron chi connectivity index (χ0n) is 17.4. The molecular formula is C22H25N3O4S2. The summed E-state index contributed by atoms with van der Waals surface area (Å²) in [4.78, 5) is 16.9. The number of amides is 1. The summed E-state index contributed by atoms with van der Waals surface area (Å²) in [5.41, 5.74) is 1.54. The van der Waals surface area contributed by atoms with E-state index in [4.69, 9.17) is 4.42 Å². The van der Waals surface area contributed by atoms with Gasteiger partial charge < -0.3 is 9.73 Å². The van der Waals surface area contributed by atoms with Crippen LogP contribution in [0.5, 0.6) is 0 Å². The number of sulfonamides is 1. The van der Waals surface area contributed by atoms with Crippen LogP contribution in [-0.4, -0.2) is 36.7 Å². The number of pyridine rings is 1. The van der Waals surface area contributed by atoms with E-state index in [1.54, 1.807) is 36.6 Å². The second-order valence-electron chi connectivity index (χ2n) is 6.67. The zero-order chi connectivity index (χ0) is 22.3. The minimum atomic E-state index is -3.51. The van der Waals surface area contributed by atoms with Gasteiger partial charge in [-0.25, -0.2) is 13.4 Å². The maximum Gasteiger partial charge on any atom is 0.251 e. The number of furan rings is 1. The molecule has 2 heterocycles. The summed E-state index contributed by atoms with van der Waals surface area (Å²) >= 11 is 1.48. The molecule has 0 aliphatic heterocycles. The molecule has 0 aliphatic carbocycles. The van der Waals surface area contributed by atoms with Gasteiger partial charge in [0.1, 0.15) is 10.7 Å². The van der Waals surface area contributed by atoms with Crippen molar-refractivity contribution in [1.29, 1.82) is 0 Å². The maximum absolute atomic E-state index is 12.6. The first-order valence-electron chi connectivity index (χ1n) is 9.92. The van der Waals surface area contributed by atoms with Crippen molar-refractivity contribution in [3.63, 3.8) is 0 Å². The summed E-state index contributed by atoms with van der Waals surface area (Å²) in [7, 11) is -3.51. The highest BCUT2D eigenvalue weighted by Gasteiger charge is 2.21. The van der Waals surface area contributed by atoms with Crippen LogP contribution in [0.4, 0.5) is 0 Å². The molecule has 7 nitrogen and oxygen atoms in total. The SMILES string of the molecule is CCN(CC)S(=O)(=O)c1ccc(SCc2cccc(C(=O)NCc3ccco3)c2)nc1. The van der Waals surface area contributed by atoms with Gasteiger partial charge in [-0.15, -0.1) is 11.8 Å². The number of carbonyl (C=O) groups is 1. The van der Waals surface area contributed by atoms with E-state index < -0.39 is 10.0 Å². The Morgan fingerprint density at radius 2 is 1.94 bits per heavy atom. The van der Waals surface area contributed by atoms with Crippen LogP contribution in [0.15, 0.2) is 75.3 Å². The van der Waals surface area contributed by atoms with Crippen LogP contribution in [-0.2, 0) is 22.3 Å². The standard InChI is InChI=1S/C22H25N3O4S2/c1-3-25(4-2)31(27,28)20-10-11-21(23-15-20)30-16-17-7-5-8-18(13-17)22(26)24-14-19-9-6-12-29-19/h5-13,15H,3-4,14,16H2,1-2H3,(H,24,26). The molecule has 0 unspecified atom stereocenters. The number of carbonyl (C=O) groups excluding carboxylic acids is 1. The van der Waals surface area contributed by atoms with Crippen molar-refractivity contribution in [2.75, 3.05) is 13.1 Å². The molecule has 0 radical (unpaired) electrons. The average Bonchev–Trinajstić information content (AvgIpc) is 3.31. The largest absolute Gasteiger partial charge is 0.467 e. The van der Waals surface area contributed by atoms with Crippen molar-refractivity contribution >= 4 is 27.7 Å². The van der Waals surface area contributed by atoms with E-state index in [1.807, 2.05) is 32.0 Å². The third kappa shape index (κ3) is 5.96. The van der Waals surface area contributed by atoms with Gasteiger partial charge in [0.05, 0.1) is 17.8 Å². The molecular weight excluding hydrogens is 434 g/mol. The Kier molecular flexibility index (Phi) is 7.89. The first-order chi connectivity index (χ1) is 14.9. The third-order valence-electron chi connectivity index (χ3n) is 4.63. The molecule has 9 heteroatoms. The molecule has 1 amide bonds. The highest BCUT2D eigenvalue weighted by molar-refractivity contribution is 7.98. The second kappa shape index (κ2) is 10.6. The monoisotopic (exact) mass is 459 g/mol. The van der Waals surface area contributed by atoms with Crippen molar-refractivity contribution in [1.82, 2.24) is 14.6 Å². The molecule has 3 aromatic rings. The minimum absolute atomic E-state index is 0.174. The lowest BCUT2D eigenvalue weighted by Gasteiger charge is -2.18. The number of benzene rings is 1. The van der Waals surface area contributed by atoms with Crippen LogP contribution < -0.4 is 5.32 Å². The number of nitrogens with zero attached hydrogens (tertiary/aromatic N) is 2. The van der Waals surface area contributed by atoms with Gasteiger partial charge >= 0.3 is 0 Å². The van der Waals surface area contributed by atoms with E-state index >= 15 is 0 Å². The fraction of sp³-hybridized carbons (Fsp3) is 0.273. The van der Waals surface area contributed by atoms with E-state index in [0.29, 0.717) is 41.7 Å². The van der Waals surface area contributed by atoms with Gasteiger partial charge in [0.15, 0.2) is 0 Å². The summed E-state index contributed by atoms with van der Waals surface area (Å²) in [5, 5.41) is 3.54. The summed E-state index contributed by atoms with van der Waals surface area (Å²) in [5.74, 6) is 1.12.